The number of nitrogens with one attached hydrogen (secondary N) is 3. The molecule has 0 fully saturated rings. The molecule has 0 bridgehead atoms. The minimum absolute atomic E-state index is 0.0172. The van der Waals surface area contributed by atoms with Crippen molar-refractivity contribution in [3.8, 4) is 5.75 Å². The number of hydrazine groups is 1. The first-order chi connectivity index (χ1) is 13.2. The van der Waals surface area contributed by atoms with Crippen molar-refractivity contribution in [1.29, 1.82) is 0 Å². The molecule has 0 spiro atoms. The van der Waals surface area contributed by atoms with Crippen LogP contribution in [0.15, 0.2) is 47.1 Å². The number of hydrogen-bond acceptors (Lipinski definition) is 5. The minimum Gasteiger partial charge on any atom is -0.481 e. The van der Waals surface area contributed by atoms with E-state index in [1.54, 1.807) is 24.3 Å². The lowest BCUT2D eigenvalue weighted by molar-refractivity contribution is -0.141. The molecule has 8 heteroatoms. The van der Waals surface area contributed by atoms with E-state index >= 15 is 0 Å². The van der Waals surface area contributed by atoms with Crippen molar-refractivity contribution in [2.45, 2.75) is 45.8 Å². The Morgan fingerprint density at radius 1 is 1.04 bits per heavy atom. The summed E-state index contributed by atoms with van der Waals surface area (Å²) in [6, 6.07) is 10.8. The highest BCUT2D eigenvalue weighted by molar-refractivity contribution is 6.35. The van der Waals surface area contributed by atoms with Crippen LogP contribution < -0.4 is 20.9 Å². The van der Waals surface area contributed by atoms with Crippen molar-refractivity contribution in [3.63, 3.8) is 0 Å². The highest BCUT2D eigenvalue weighted by Gasteiger charge is 2.19. The fourth-order valence-corrected chi connectivity index (χ4v) is 2.23. The van der Waals surface area contributed by atoms with E-state index in [0.717, 1.165) is 5.56 Å². The lowest BCUT2D eigenvalue weighted by Gasteiger charge is -2.20. The van der Waals surface area contributed by atoms with Gasteiger partial charge in [-0.3, -0.25) is 25.2 Å². The summed E-state index contributed by atoms with van der Waals surface area (Å²) in [6.07, 6.45) is 0.590. The van der Waals surface area contributed by atoms with E-state index in [-0.39, 0.29) is 12.0 Å². The van der Waals surface area contributed by atoms with Gasteiger partial charge in [0.15, 0.2) is 6.10 Å². The maximum absolute atomic E-state index is 12.0. The van der Waals surface area contributed by atoms with Gasteiger partial charge in [0.2, 0.25) is 0 Å². The first-order valence-corrected chi connectivity index (χ1v) is 8.84. The van der Waals surface area contributed by atoms with Gasteiger partial charge in [-0.25, -0.2) is 0 Å². The number of hydrogen-bond donors (Lipinski definition) is 3. The molecular weight excluding hydrogens is 362 g/mol. The fraction of sp³-hybridized carbons (Fsp3) is 0.350. The molecule has 0 unspecified atom stereocenters. The molecule has 3 amide bonds. The summed E-state index contributed by atoms with van der Waals surface area (Å²) in [5.74, 6) is -1.46. The predicted molar refractivity (Wildman–Crippen MR) is 102 cm³/mol. The molecule has 8 nitrogen and oxygen atoms in total. The van der Waals surface area contributed by atoms with E-state index in [4.69, 9.17) is 9.15 Å². The number of carbonyl (C=O) groups excluding carboxylic acids is 3. The summed E-state index contributed by atoms with van der Waals surface area (Å²) >= 11 is 0. The number of ether oxygens (including phenoxy) is 1. The molecule has 0 aliphatic carbocycles. The van der Waals surface area contributed by atoms with Crippen LogP contribution in [0, 0.1) is 0 Å². The van der Waals surface area contributed by atoms with Crippen LogP contribution in [0.25, 0.3) is 0 Å². The molecule has 0 saturated heterocycles. The van der Waals surface area contributed by atoms with Crippen LogP contribution >= 0.6 is 0 Å². The second-order valence-corrected chi connectivity index (χ2v) is 7.24. The van der Waals surface area contributed by atoms with Crippen LogP contribution in [0.3, 0.4) is 0 Å². The average molecular weight is 387 g/mol. The second kappa shape index (κ2) is 9.07. The Morgan fingerprint density at radius 2 is 1.71 bits per heavy atom. The molecule has 2 aromatic rings. The van der Waals surface area contributed by atoms with Crippen LogP contribution in [0.2, 0.25) is 0 Å². The van der Waals surface area contributed by atoms with Gasteiger partial charge in [0, 0.05) is 0 Å². The third-order valence-electron chi connectivity index (χ3n) is 3.91. The van der Waals surface area contributed by atoms with Gasteiger partial charge in [-0.1, -0.05) is 32.9 Å². The van der Waals surface area contributed by atoms with Gasteiger partial charge >= 0.3 is 11.8 Å². The molecular formula is C20H25N3O5. The van der Waals surface area contributed by atoms with E-state index in [1.807, 2.05) is 17.6 Å². The third-order valence-corrected chi connectivity index (χ3v) is 3.91. The maximum atomic E-state index is 12.0. The second-order valence-electron chi connectivity index (χ2n) is 7.24. The number of furan rings is 1. The molecule has 0 aliphatic rings. The molecule has 0 aliphatic heterocycles. The molecule has 3 N–H and O–H groups in total. The van der Waals surface area contributed by atoms with Crippen LogP contribution in [0.4, 0.5) is 0 Å². The van der Waals surface area contributed by atoms with Crippen molar-refractivity contribution in [3.05, 3.63) is 54.0 Å². The van der Waals surface area contributed by atoms with Crippen molar-refractivity contribution < 1.29 is 23.5 Å². The lowest BCUT2D eigenvalue weighted by atomic mass is 9.87. The predicted octanol–water partition coefficient (Wildman–Crippen LogP) is 1.81. The summed E-state index contributed by atoms with van der Waals surface area (Å²) in [5, 5.41) is 2.37. The number of amides is 3. The highest BCUT2D eigenvalue weighted by Crippen LogP contribution is 2.24. The minimum atomic E-state index is -0.998. The number of carbonyl (C=O) groups is 3. The molecule has 28 heavy (non-hydrogen) atoms. The van der Waals surface area contributed by atoms with Crippen LogP contribution in [0.5, 0.6) is 5.75 Å². The van der Waals surface area contributed by atoms with Crippen LogP contribution in [-0.2, 0) is 26.3 Å². The van der Waals surface area contributed by atoms with Gasteiger partial charge in [-0.05, 0) is 42.2 Å². The molecule has 1 aromatic heterocycles. The highest BCUT2D eigenvalue weighted by atomic mass is 16.5. The van der Waals surface area contributed by atoms with Gasteiger partial charge in [-0.2, -0.15) is 0 Å². The molecule has 1 aromatic carbocycles. The number of rotatable bonds is 5. The normalized spacial score (nSPS) is 12.0. The molecule has 1 heterocycles. The van der Waals surface area contributed by atoms with E-state index in [1.165, 1.54) is 13.2 Å². The Balaban J connectivity index is 1.77. The van der Waals surface area contributed by atoms with E-state index in [9.17, 15) is 14.4 Å². The van der Waals surface area contributed by atoms with E-state index < -0.39 is 23.8 Å². The van der Waals surface area contributed by atoms with Gasteiger partial charge in [0.25, 0.3) is 5.91 Å². The van der Waals surface area contributed by atoms with Gasteiger partial charge in [-0.15, -0.1) is 0 Å². The topological polar surface area (TPSA) is 110 Å². The smallest absolute Gasteiger partial charge is 0.327 e. The zero-order chi connectivity index (χ0) is 20.7. The Morgan fingerprint density at radius 3 is 2.29 bits per heavy atom. The molecule has 0 radical (unpaired) electrons. The summed E-state index contributed by atoms with van der Waals surface area (Å²) in [6.45, 7) is 7.92. The van der Waals surface area contributed by atoms with E-state index in [2.05, 4.69) is 31.5 Å². The van der Waals surface area contributed by atoms with Gasteiger partial charge in [0.1, 0.15) is 11.5 Å². The lowest BCUT2D eigenvalue weighted by Crippen LogP contribution is -2.51. The average Bonchev–Trinajstić information content (AvgIpc) is 3.17. The Kier molecular flexibility index (Phi) is 6.81. The first-order valence-electron chi connectivity index (χ1n) is 8.84. The summed E-state index contributed by atoms with van der Waals surface area (Å²) in [5.41, 5.74) is 5.37. The third kappa shape index (κ3) is 6.15. The zero-order valence-electron chi connectivity index (χ0n) is 16.4. The Hall–Kier alpha value is -3.29. The molecule has 1 atom stereocenters. The fourth-order valence-electron chi connectivity index (χ4n) is 2.23. The SMILES string of the molecule is C[C@@H](Oc1ccc(C(C)(C)C)cc1)C(=O)NNC(=O)C(=O)NCc1ccco1. The van der Waals surface area contributed by atoms with Crippen LogP contribution in [0.1, 0.15) is 39.0 Å². The van der Waals surface area contributed by atoms with Gasteiger partial charge < -0.3 is 14.5 Å². The van der Waals surface area contributed by atoms with Crippen LogP contribution in [-0.4, -0.2) is 23.8 Å². The molecule has 2 rings (SSSR count). The summed E-state index contributed by atoms with van der Waals surface area (Å²) < 4.78 is 10.6. The van der Waals surface area contributed by atoms with E-state index in [0.29, 0.717) is 11.5 Å². The molecule has 150 valence electrons. The number of benzene rings is 1. The molecule has 0 saturated carbocycles. The van der Waals surface area contributed by atoms with Crippen molar-refractivity contribution in [2.24, 2.45) is 0 Å². The van der Waals surface area contributed by atoms with Crippen molar-refractivity contribution in [1.82, 2.24) is 16.2 Å². The Labute approximate surface area is 163 Å². The summed E-state index contributed by atoms with van der Waals surface area (Å²) in [4.78, 5) is 35.4. The zero-order valence-corrected chi connectivity index (χ0v) is 16.4. The van der Waals surface area contributed by atoms with Crippen molar-refractivity contribution >= 4 is 17.7 Å². The Bertz CT molecular complexity index is 807. The monoisotopic (exact) mass is 387 g/mol. The standard InChI is InChI=1S/C20H25N3O5/c1-13(28-15-9-7-14(8-10-15)20(2,3)4)17(24)22-23-19(26)18(25)21-12-16-6-5-11-27-16/h5-11,13H,12H2,1-4H3,(H,21,25)(H,22,24)(H,23,26)/t13-/m1/s1. The van der Waals surface area contributed by atoms with Gasteiger partial charge in [0.05, 0.1) is 12.8 Å². The van der Waals surface area contributed by atoms with Crippen molar-refractivity contribution in [2.75, 3.05) is 0 Å². The summed E-state index contributed by atoms with van der Waals surface area (Å²) in [7, 11) is 0. The maximum Gasteiger partial charge on any atom is 0.327 e. The first kappa shape index (κ1) is 21.0. The largest absolute Gasteiger partial charge is 0.481 e. The quantitative estimate of drug-likeness (QED) is 0.535.